The van der Waals surface area contributed by atoms with E-state index in [9.17, 15) is 8.42 Å². The van der Waals surface area contributed by atoms with Crippen molar-refractivity contribution in [3.05, 3.63) is 24.3 Å². The second-order valence-electron chi connectivity index (χ2n) is 5.68. The topological polar surface area (TPSA) is 68.1 Å². The Labute approximate surface area is 154 Å². The molecule has 138 valence electrons. The molecular weight excluding hydrogens is 356 g/mol. The number of benzene rings is 1. The van der Waals surface area contributed by atoms with Gasteiger partial charge in [-0.15, -0.1) is 10.2 Å². The summed E-state index contributed by atoms with van der Waals surface area (Å²) in [6.07, 6.45) is 2.27. The van der Waals surface area contributed by atoms with Crippen LogP contribution in [0.2, 0.25) is 0 Å². The number of hydrogen-bond donors (Lipinski definition) is 0. The van der Waals surface area contributed by atoms with Gasteiger partial charge in [-0.05, 0) is 18.6 Å². The number of aromatic nitrogens is 3. The van der Waals surface area contributed by atoms with Crippen molar-refractivity contribution < 1.29 is 8.42 Å². The van der Waals surface area contributed by atoms with Crippen LogP contribution in [0, 0.1) is 0 Å². The maximum atomic E-state index is 12.7. The molecule has 0 saturated carbocycles. The lowest BCUT2D eigenvalue weighted by Crippen LogP contribution is -2.30. The molecule has 0 amide bonds. The van der Waals surface area contributed by atoms with Crippen LogP contribution in [0.25, 0.3) is 11.4 Å². The van der Waals surface area contributed by atoms with Crippen LogP contribution >= 0.6 is 11.8 Å². The van der Waals surface area contributed by atoms with Gasteiger partial charge in [0.1, 0.15) is 0 Å². The van der Waals surface area contributed by atoms with Crippen molar-refractivity contribution in [1.29, 1.82) is 0 Å². The fourth-order valence-electron chi connectivity index (χ4n) is 2.51. The average molecular weight is 383 g/mol. The maximum absolute atomic E-state index is 12.7. The van der Waals surface area contributed by atoms with Gasteiger partial charge >= 0.3 is 0 Å². The molecule has 0 aliphatic heterocycles. The van der Waals surface area contributed by atoms with Crippen LogP contribution in [0.5, 0.6) is 0 Å². The highest BCUT2D eigenvalue weighted by molar-refractivity contribution is 7.99. The molecule has 8 heteroatoms. The van der Waals surface area contributed by atoms with E-state index < -0.39 is 10.0 Å². The minimum Gasteiger partial charge on any atom is -0.305 e. The van der Waals surface area contributed by atoms with E-state index in [4.69, 9.17) is 0 Å². The summed E-state index contributed by atoms with van der Waals surface area (Å²) in [4.78, 5) is 0.289. The molecule has 0 N–H and O–H groups in total. The minimum absolute atomic E-state index is 0.289. The van der Waals surface area contributed by atoms with Crippen molar-refractivity contribution in [2.45, 2.75) is 43.7 Å². The largest absolute Gasteiger partial charge is 0.305 e. The zero-order chi connectivity index (χ0) is 18.4. The van der Waals surface area contributed by atoms with Gasteiger partial charge < -0.3 is 4.57 Å². The SMILES string of the molecule is CCCCSc1nnc(-c2cccc(S(=O)(=O)N(CC)CC)c2)n1C. The van der Waals surface area contributed by atoms with Crippen molar-refractivity contribution in [3.8, 4) is 11.4 Å². The standard InChI is InChI=1S/C17H26N4O2S2/c1-5-8-12-24-17-19-18-16(20(17)4)14-10-9-11-15(13-14)25(22,23)21(6-2)7-3/h9-11,13H,5-8,12H2,1-4H3. The van der Waals surface area contributed by atoms with E-state index in [1.165, 1.54) is 4.31 Å². The molecule has 0 bridgehead atoms. The Kier molecular flexibility index (Phi) is 7.04. The van der Waals surface area contributed by atoms with E-state index in [1.807, 2.05) is 31.5 Å². The van der Waals surface area contributed by atoms with Crippen molar-refractivity contribution >= 4 is 21.8 Å². The molecule has 0 aliphatic carbocycles. The highest BCUT2D eigenvalue weighted by Crippen LogP contribution is 2.26. The Morgan fingerprint density at radius 2 is 1.88 bits per heavy atom. The molecule has 1 aromatic carbocycles. The summed E-state index contributed by atoms with van der Waals surface area (Å²) in [5.41, 5.74) is 0.755. The third-order valence-corrected chi connectivity index (χ3v) is 7.15. The molecule has 0 saturated heterocycles. The lowest BCUT2D eigenvalue weighted by molar-refractivity contribution is 0.445. The van der Waals surface area contributed by atoms with E-state index >= 15 is 0 Å². The third kappa shape index (κ3) is 4.43. The first kappa shape index (κ1) is 19.9. The summed E-state index contributed by atoms with van der Waals surface area (Å²) < 4.78 is 28.8. The molecule has 0 unspecified atom stereocenters. The molecule has 1 aromatic heterocycles. The summed E-state index contributed by atoms with van der Waals surface area (Å²) in [7, 11) is -1.57. The highest BCUT2D eigenvalue weighted by Gasteiger charge is 2.22. The van der Waals surface area contributed by atoms with Crippen molar-refractivity contribution in [2.24, 2.45) is 7.05 Å². The van der Waals surface area contributed by atoms with Crippen LogP contribution in [-0.2, 0) is 17.1 Å². The van der Waals surface area contributed by atoms with Crippen LogP contribution in [0.1, 0.15) is 33.6 Å². The lowest BCUT2D eigenvalue weighted by atomic mass is 10.2. The molecule has 1 heterocycles. The van der Waals surface area contributed by atoms with Crippen LogP contribution in [0.4, 0.5) is 0 Å². The first-order valence-electron chi connectivity index (χ1n) is 8.58. The van der Waals surface area contributed by atoms with Gasteiger partial charge in [-0.3, -0.25) is 0 Å². The Morgan fingerprint density at radius 3 is 2.52 bits per heavy atom. The summed E-state index contributed by atoms with van der Waals surface area (Å²) in [5, 5.41) is 9.34. The normalized spacial score (nSPS) is 12.0. The van der Waals surface area contributed by atoms with E-state index in [1.54, 1.807) is 30.0 Å². The monoisotopic (exact) mass is 382 g/mol. The van der Waals surface area contributed by atoms with E-state index in [-0.39, 0.29) is 4.90 Å². The Balaban J connectivity index is 2.34. The van der Waals surface area contributed by atoms with Crippen molar-refractivity contribution in [3.63, 3.8) is 0 Å². The second kappa shape index (κ2) is 8.82. The van der Waals surface area contributed by atoms with E-state index in [0.717, 1.165) is 29.3 Å². The van der Waals surface area contributed by atoms with Crippen molar-refractivity contribution in [2.75, 3.05) is 18.8 Å². The summed E-state index contributed by atoms with van der Waals surface area (Å²) in [6.45, 7) is 6.74. The van der Waals surface area contributed by atoms with Gasteiger partial charge in [0.15, 0.2) is 11.0 Å². The molecule has 0 spiro atoms. The number of rotatable bonds is 9. The smallest absolute Gasteiger partial charge is 0.243 e. The van der Waals surface area contributed by atoms with Gasteiger partial charge in [0.25, 0.3) is 0 Å². The summed E-state index contributed by atoms with van der Waals surface area (Å²) in [6, 6.07) is 6.93. The fraction of sp³-hybridized carbons (Fsp3) is 0.529. The van der Waals surface area contributed by atoms with Crippen LogP contribution < -0.4 is 0 Å². The van der Waals surface area contributed by atoms with Crippen LogP contribution in [0.3, 0.4) is 0 Å². The zero-order valence-electron chi connectivity index (χ0n) is 15.3. The van der Waals surface area contributed by atoms with Gasteiger partial charge in [-0.1, -0.05) is 51.1 Å². The Morgan fingerprint density at radius 1 is 1.16 bits per heavy atom. The zero-order valence-corrected chi connectivity index (χ0v) is 16.9. The number of unbranched alkanes of at least 4 members (excludes halogenated alkanes) is 1. The number of sulfonamides is 1. The summed E-state index contributed by atoms with van der Waals surface area (Å²) in [5.74, 6) is 1.68. The maximum Gasteiger partial charge on any atom is 0.243 e. The lowest BCUT2D eigenvalue weighted by Gasteiger charge is -2.18. The molecular formula is C17H26N4O2S2. The first-order valence-corrected chi connectivity index (χ1v) is 11.0. The molecule has 2 rings (SSSR count). The second-order valence-corrected chi connectivity index (χ2v) is 8.68. The number of hydrogen-bond acceptors (Lipinski definition) is 5. The molecule has 0 fully saturated rings. The van der Waals surface area contributed by atoms with Gasteiger partial charge in [0.05, 0.1) is 4.90 Å². The van der Waals surface area contributed by atoms with Gasteiger partial charge in [0.2, 0.25) is 10.0 Å². The molecule has 2 aromatic rings. The van der Waals surface area contributed by atoms with E-state index in [2.05, 4.69) is 17.1 Å². The van der Waals surface area contributed by atoms with Crippen molar-refractivity contribution in [1.82, 2.24) is 19.1 Å². The van der Waals surface area contributed by atoms with Crippen LogP contribution in [0.15, 0.2) is 34.3 Å². The van der Waals surface area contributed by atoms with Crippen LogP contribution in [-0.4, -0.2) is 46.3 Å². The van der Waals surface area contributed by atoms with Gasteiger partial charge in [-0.25, -0.2) is 8.42 Å². The molecule has 0 aliphatic rings. The molecule has 25 heavy (non-hydrogen) atoms. The Bertz CT molecular complexity index is 799. The third-order valence-electron chi connectivity index (χ3n) is 4.00. The van der Waals surface area contributed by atoms with Gasteiger partial charge in [0, 0.05) is 31.5 Å². The average Bonchev–Trinajstić information content (AvgIpc) is 2.97. The quantitative estimate of drug-likeness (QED) is 0.491. The summed E-state index contributed by atoms with van der Waals surface area (Å²) >= 11 is 1.67. The van der Waals surface area contributed by atoms with E-state index in [0.29, 0.717) is 18.9 Å². The minimum atomic E-state index is -3.48. The predicted octanol–water partition coefficient (Wildman–Crippen LogP) is 3.40. The fourth-order valence-corrected chi connectivity index (χ4v) is 5.01. The molecule has 0 atom stereocenters. The number of thioether (sulfide) groups is 1. The molecule has 6 nitrogen and oxygen atoms in total. The predicted molar refractivity (Wildman–Crippen MR) is 102 cm³/mol. The number of nitrogens with zero attached hydrogens (tertiary/aromatic N) is 4. The Hall–Kier alpha value is -1.38. The van der Waals surface area contributed by atoms with Gasteiger partial charge in [-0.2, -0.15) is 4.31 Å². The highest BCUT2D eigenvalue weighted by atomic mass is 32.2. The first-order chi connectivity index (χ1) is 12.0. The molecule has 0 radical (unpaired) electrons.